The van der Waals surface area contributed by atoms with E-state index >= 15 is 0 Å². The zero-order chi connectivity index (χ0) is 17.2. The molecule has 1 N–H and O–H groups in total. The fourth-order valence-corrected chi connectivity index (χ4v) is 4.22. The Hall–Kier alpha value is -2.26. The number of rotatable bonds is 4. The number of aromatic amines is 1. The minimum Gasteiger partial charge on any atom is -0.496 e. The van der Waals surface area contributed by atoms with Crippen LogP contribution < -0.4 is 4.74 Å². The molecule has 3 nitrogen and oxygen atoms in total. The molecule has 0 bridgehead atoms. The number of methoxy groups -OCH3 is 1. The van der Waals surface area contributed by atoms with Gasteiger partial charge in [0.15, 0.2) is 0 Å². The van der Waals surface area contributed by atoms with E-state index in [0.29, 0.717) is 6.04 Å². The van der Waals surface area contributed by atoms with E-state index in [0.717, 1.165) is 18.8 Å². The number of likely N-dealkylation sites (tertiary alicyclic amines) is 1. The van der Waals surface area contributed by atoms with Crippen LogP contribution in [0, 0.1) is 6.92 Å². The summed E-state index contributed by atoms with van der Waals surface area (Å²) in [5.74, 6) is 1.00. The number of ether oxygens (including phenoxy) is 1. The summed E-state index contributed by atoms with van der Waals surface area (Å²) in [5.41, 5.74) is 5.19. The fourth-order valence-electron chi connectivity index (χ4n) is 4.22. The van der Waals surface area contributed by atoms with E-state index in [-0.39, 0.29) is 0 Å². The Kier molecular flexibility index (Phi) is 4.50. The number of benzene rings is 2. The number of aromatic nitrogens is 1. The molecule has 3 aromatic rings. The summed E-state index contributed by atoms with van der Waals surface area (Å²) in [7, 11) is 1.78. The Bertz CT molecular complexity index is 853. The quantitative estimate of drug-likeness (QED) is 0.709. The van der Waals surface area contributed by atoms with Gasteiger partial charge < -0.3 is 9.72 Å². The lowest BCUT2D eigenvalue weighted by Gasteiger charge is -2.36. The average molecular weight is 334 g/mol. The molecule has 0 saturated carbocycles. The van der Waals surface area contributed by atoms with Crippen LogP contribution in [-0.4, -0.2) is 23.5 Å². The third-order valence-corrected chi connectivity index (χ3v) is 5.49. The van der Waals surface area contributed by atoms with Crippen molar-refractivity contribution in [3.63, 3.8) is 0 Å². The lowest BCUT2D eigenvalue weighted by molar-refractivity contribution is 0.139. The summed E-state index contributed by atoms with van der Waals surface area (Å²) >= 11 is 0. The first kappa shape index (κ1) is 16.2. The van der Waals surface area contributed by atoms with Crippen molar-refractivity contribution in [1.82, 2.24) is 9.88 Å². The van der Waals surface area contributed by atoms with Crippen LogP contribution in [0.4, 0.5) is 0 Å². The molecule has 1 fully saturated rings. The van der Waals surface area contributed by atoms with Gasteiger partial charge in [-0.3, -0.25) is 4.90 Å². The van der Waals surface area contributed by atoms with Crippen molar-refractivity contribution in [1.29, 1.82) is 0 Å². The molecule has 2 aromatic carbocycles. The van der Waals surface area contributed by atoms with E-state index in [4.69, 9.17) is 4.74 Å². The van der Waals surface area contributed by atoms with Crippen molar-refractivity contribution in [3.05, 3.63) is 65.4 Å². The smallest absolute Gasteiger partial charge is 0.124 e. The first-order valence-electron chi connectivity index (χ1n) is 9.20. The molecular weight excluding hydrogens is 308 g/mol. The maximum absolute atomic E-state index is 5.75. The fraction of sp³-hybridized carbons (Fsp3) is 0.364. The normalized spacial score (nSPS) is 18.6. The highest BCUT2D eigenvalue weighted by Gasteiger charge is 2.25. The van der Waals surface area contributed by atoms with Gasteiger partial charge in [0, 0.05) is 35.2 Å². The van der Waals surface area contributed by atoms with Crippen LogP contribution in [0.1, 0.15) is 42.0 Å². The Morgan fingerprint density at radius 2 is 2.00 bits per heavy atom. The van der Waals surface area contributed by atoms with Crippen LogP contribution >= 0.6 is 0 Å². The molecule has 0 amide bonds. The van der Waals surface area contributed by atoms with E-state index in [1.165, 1.54) is 46.9 Å². The van der Waals surface area contributed by atoms with Crippen molar-refractivity contribution in [2.75, 3.05) is 13.7 Å². The third-order valence-electron chi connectivity index (χ3n) is 5.49. The molecule has 130 valence electrons. The summed E-state index contributed by atoms with van der Waals surface area (Å²) in [6.45, 7) is 4.21. The molecule has 25 heavy (non-hydrogen) atoms. The number of fused-ring (bicyclic) bond motifs is 1. The predicted molar refractivity (Wildman–Crippen MR) is 103 cm³/mol. The molecule has 1 atom stereocenters. The van der Waals surface area contributed by atoms with Crippen molar-refractivity contribution in [3.8, 4) is 5.75 Å². The lowest BCUT2D eigenvalue weighted by Crippen LogP contribution is -2.33. The van der Waals surface area contributed by atoms with E-state index < -0.39 is 0 Å². The first-order chi connectivity index (χ1) is 12.3. The zero-order valence-corrected chi connectivity index (χ0v) is 15.1. The molecule has 1 aliphatic rings. The highest BCUT2D eigenvalue weighted by molar-refractivity contribution is 5.88. The highest BCUT2D eigenvalue weighted by Crippen LogP contribution is 2.36. The van der Waals surface area contributed by atoms with Crippen molar-refractivity contribution in [2.24, 2.45) is 0 Å². The highest BCUT2D eigenvalue weighted by atomic mass is 16.5. The summed E-state index contributed by atoms with van der Waals surface area (Å²) in [6, 6.07) is 15.8. The van der Waals surface area contributed by atoms with Gasteiger partial charge in [-0.15, -0.1) is 0 Å². The number of hydrogen-bond donors (Lipinski definition) is 1. The van der Waals surface area contributed by atoms with Crippen LogP contribution in [0.5, 0.6) is 5.75 Å². The number of aryl methyl sites for hydroxylation is 1. The Morgan fingerprint density at radius 1 is 1.16 bits per heavy atom. The Morgan fingerprint density at radius 3 is 2.80 bits per heavy atom. The zero-order valence-electron chi connectivity index (χ0n) is 15.1. The lowest BCUT2D eigenvalue weighted by atomic mass is 9.94. The van der Waals surface area contributed by atoms with Crippen LogP contribution in [0.15, 0.2) is 48.7 Å². The summed E-state index contributed by atoms with van der Waals surface area (Å²) in [4.78, 5) is 6.01. The number of piperidine rings is 1. The van der Waals surface area contributed by atoms with E-state index in [9.17, 15) is 0 Å². The average Bonchev–Trinajstić information content (AvgIpc) is 3.15. The molecule has 2 heterocycles. The Labute approximate surface area is 149 Å². The first-order valence-corrected chi connectivity index (χ1v) is 9.20. The molecule has 1 saturated heterocycles. The topological polar surface area (TPSA) is 28.3 Å². The van der Waals surface area contributed by atoms with Crippen molar-refractivity contribution < 1.29 is 4.74 Å². The molecule has 1 aromatic heterocycles. The monoisotopic (exact) mass is 334 g/mol. The van der Waals surface area contributed by atoms with Crippen molar-refractivity contribution >= 4 is 10.9 Å². The van der Waals surface area contributed by atoms with Crippen LogP contribution in [0.3, 0.4) is 0 Å². The van der Waals surface area contributed by atoms with Crippen LogP contribution in [0.25, 0.3) is 10.9 Å². The SMILES string of the molecule is COc1cc(C)c2[nH]ccc2c1CN1CCCCC1c1ccccc1. The summed E-state index contributed by atoms with van der Waals surface area (Å²) in [5, 5.41) is 1.29. The van der Waals surface area contributed by atoms with Gasteiger partial charge in [0.2, 0.25) is 0 Å². The van der Waals surface area contributed by atoms with Gasteiger partial charge in [0.1, 0.15) is 5.75 Å². The third kappa shape index (κ3) is 3.05. The van der Waals surface area contributed by atoms with Gasteiger partial charge in [0.05, 0.1) is 7.11 Å². The van der Waals surface area contributed by atoms with Gasteiger partial charge in [0.25, 0.3) is 0 Å². The second-order valence-electron chi connectivity index (χ2n) is 7.03. The molecular formula is C22H26N2O. The van der Waals surface area contributed by atoms with Crippen LogP contribution in [0.2, 0.25) is 0 Å². The van der Waals surface area contributed by atoms with Gasteiger partial charge in [-0.2, -0.15) is 0 Å². The largest absolute Gasteiger partial charge is 0.496 e. The predicted octanol–water partition coefficient (Wildman–Crippen LogP) is 5.21. The van der Waals surface area contributed by atoms with Crippen LogP contribution in [-0.2, 0) is 6.54 Å². The van der Waals surface area contributed by atoms with Gasteiger partial charge in [-0.25, -0.2) is 0 Å². The molecule has 0 radical (unpaired) electrons. The molecule has 4 rings (SSSR count). The molecule has 1 unspecified atom stereocenters. The second-order valence-corrected chi connectivity index (χ2v) is 7.03. The number of hydrogen-bond acceptors (Lipinski definition) is 2. The number of nitrogens with one attached hydrogen (secondary N) is 1. The standard InChI is InChI=1S/C22H26N2O/c1-16-14-21(25-2)19(18-11-12-23-22(16)18)15-24-13-7-6-10-20(24)17-8-4-3-5-9-17/h3-5,8-9,11-12,14,20,23H,6-7,10,13,15H2,1-2H3. The minimum absolute atomic E-state index is 0.495. The minimum atomic E-state index is 0.495. The second kappa shape index (κ2) is 6.93. The van der Waals surface area contributed by atoms with E-state index in [1.54, 1.807) is 7.11 Å². The summed E-state index contributed by atoms with van der Waals surface area (Å²) < 4.78 is 5.75. The van der Waals surface area contributed by atoms with Crippen molar-refractivity contribution in [2.45, 2.75) is 38.8 Å². The maximum atomic E-state index is 5.75. The number of nitrogens with zero attached hydrogens (tertiary/aromatic N) is 1. The maximum Gasteiger partial charge on any atom is 0.124 e. The van der Waals surface area contributed by atoms with Gasteiger partial charge in [-0.05, 0) is 49.6 Å². The molecule has 3 heteroatoms. The number of H-pyrrole nitrogens is 1. The van der Waals surface area contributed by atoms with E-state index in [2.05, 4.69) is 59.3 Å². The Balaban J connectivity index is 1.72. The molecule has 0 aliphatic carbocycles. The summed E-state index contributed by atoms with van der Waals surface area (Å²) in [6.07, 6.45) is 5.84. The van der Waals surface area contributed by atoms with Gasteiger partial charge in [-0.1, -0.05) is 36.8 Å². The molecule has 1 aliphatic heterocycles. The molecule has 0 spiro atoms. The van der Waals surface area contributed by atoms with E-state index in [1.807, 2.05) is 6.20 Å². The van der Waals surface area contributed by atoms with Gasteiger partial charge >= 0.3 is 0 Å².